The zero-order valence-electron chi connectivity index (χ0n) is 8.03. The Morgan fingerprint density at radius 3 is 2.85 bits per heavy atom. The summed E-state index contributed by atoms with van der Waals surface area (Å²) >= 11 is 0. The molecular formula is C9H15NO3. The molecular weight excluding hydrogens is 170 g/mol. The molecule has 1 amide bonds. The predicted octanol–water partition coefficient (Wildman–Crippen LogP) is 0.416. The van der Waals surface area contributed by atoms with Crippen molar-refractivity contribution in [3.05, 3.63) is 0 Å². The minimum absolute atomic E-state index is 0.0231. The van der Waals surface area contributed by atoms with Gasteiger partial charge < -0.3 is 9.64 Å². The Morgan fingerprint density at radius 2 is 2.31 bits per heavy atom. The first-order valence-electron chi connectivity index (χ1n) is 4.53. The normalized spacial score (nSPS) is 22.1. The van der Waals surface area contributed by atoms with E-state index in [-0.39, 0.29) is 17.9 Å². The second kappa shape index (κ2) is 4.25. The molecule has 4 nitrogen and oxygen atoms in total. The van der Waals surface area contributed by atoms with E-state index in [9.17, 15) is 9.59 Å². The second-order valence-electron chi connectivity index (χ2n) is 3.58. The zero-order valence-corrected chi connectivity index (χ0v) is 8.03. The van der Waals surface area contributed by atoms with E-state index >= 15 is 0 Å². The van der Waals surface area contributed by atoms with Gasteiger partial charge in [-0.2, -0.15) is 0 Å². The smallest absolute Gasteiger partial charge is 0.293 e. The molecule has 1 unspecified atom stereocenters. The molecule has 0 spiro atoms. The molecule has 1 aliphatic rings. The van der Waals surface area contributed by atoms with Crippen molar-refractivity contribution >= 4 is 12.4 Å². The number of carbonyl (C=O) groups is 2. The van der Waals surface area contributed by atoms with Gasteiger partial charge in [-0.15, -0.1) is 0 Å². The number of amides is 1. The van der Waals surface area contributed by atoms with E-state index in [4.69, 9.17) is 4.74 Å². The topological polar surface area (TPSA) is 46.6 Å². The summed E-state index contributed by atoms with van der Waals surface area (Å²) in [5.74, 6) is 0.159. The van der Waals surface area contributed by atoms with Crippen LogP contribution in [-0.4, -0.2) is 36.5 Å². The summed E-state index contributed by atoms with van der Waals surface area (Å²) in [6.07, 6.45) is 0.664. The van der Waals surface area contributed by atoms with Crippen molar-refractivity contribution in [3.8, 4) is 0 Å². The Morgan fingerprint density at radius 1 is 1.62 bits per heavy atom. The molecule has 0 radical (unpaired) electrons. The van der Waals surface area contributed by atoms with Crippen LogP contribution in [0.5, 0.6) is 0 Å². The molecule has 0 aromatic heterocycles. The molecule has 0 N–H and O–H groups in total. The Bertz CT molecular complexity index is 203. The van der Waals surface area contributed by atoms with Gasteiger partial charge in [-0.25, -0.2) is 0 Å². The maximum atomic E-state index is 11.5. The third-order valence-corrected chi connectivity index (χ3v) is 2.20. The van der Waals surface area contributed by atoms with Gasteiger partial charge >= 0.3 is 0 Å². The van der Waals surface area contributed by atoms with Gasteiger partial charge in [0.25, 0.3) is 6.47 Å². The van der Waals surface area contributed by atoms with Gasteiger partial charge in [0.05, 0.1) is 6.54 Å². The lowest BCUT2D eigenvalue weighted by atomic mass is 10.2. The van der Waals surface area contributed by atoms with Crippen molar-refractivity contribution in [2.75, 3.05) is 13.1 Å². The maximum Gasteiger partial charge on any atom is 0.293 e. The Balaban J connectivity index is 2.40. The molecule has 1 fully saturated rings. The highest BCUT2D eigenvalue weighted by atomic mass is 16.5. The molecule has 1 saturated heterocycles. The number of rotatable bonds is 3. The van der Waals surface area contributed by atoms with Crippen LogP contribution in [0.2, 0.25) is 0 Å². The molecule has 0 aliphatic carbocycles. The van der Waals surface area contributed by atoms with Crippen LogP contribution in [0, 0.1) is 5.92 Å². The summed E-state index contributed by atoms with van der Waals surface area (Å²) < 4.78 is 4.79. The minimum Gasteiger partial charge on any atom is -0.463 e. The van der Waals surface area contributed by atoms with Crippen molar-refractivity contribution in [3.63, 3.8) is 0 Å². The minimum atomic E-state index is -0.0970. The standard InChI is InChI=1S/C9H15NO3/c1-7(2)9(12)10-4-3-8(5-10)13-6-11/h6-8H,3-5H2,1-2H3. The van der Waals surface area contributed by atoms with Crippen molar-refractivity contribution in [1.29, 1.82) is 0 Å². The van der Waals surface area contributed by atoms with E-state index in [0.29, 0.717) is 19.6 Å². The number of nitrogens with zero attached hydrogens (tertiary/aromatic N) is 1. The number of ether oxygens (including phenoxy) is 1. The molecule has 1 heterocycles. The second-order valence-corrected chi connectivity index (χ2v) is 3.58. The van der Waals surface area contributed by atoms with Gasteiger partial charge in [0.15, 0.2) is 0 Å². The fourth-order valence-corrected chi connectivity index (χ4v) is 1.48. The van der Waals surface area contributed by atoms with Gasteiger partial charge in [0.1, 0.15) is 6.10 Å². The monoisotopic (exact) mass is 185 g/mol. The Labute approximate surface area is 77.8 Å². The van der Waals surface area contributed by atoms with Crippen LogP contribution in [-0.2, 0) is 14.3 Å². The Hall–Kier alpha value is -1.06. The predicted molar refractivity (Wildman–Crippen MR) is 47.0 cm³/mol. The van der Waals surface area contributed by atoms with E-state index in [2.05, 4.69) is 0 Å². The largest absolute Gasteiger partial charge is 0.463 e. The first-order chi connectivity index (χ1) is 6.15. The van der Waals surface area contributed by atoms with E-state index in [1.807, 2.05) is 13.8 Å². The van der Waals surface area contributed by atoms with Crippen LogP contribution < -0.4 is 0 Å². The highest BCUT2D eigenvalue weighted by Crippen LogP contribution is 2.14. The molecule has 0 aromatic rings. The number of likely N-dealkylation sites (tertiary alicyclic amines) is 1. The van der Waals surface area contributed by atoms with E-state index < -0.39 is 0 Å². The molecule has 0 aromatic carbocycles. The lowest BCUT2D eigenvalue weighted by Crippen LogP contribution is -2.33. The SMILES string of the molecule is CC(C)C(=O)N1CCC(OC=O)C1. The lowest BCUT2D eigenvalue weighted by Gasteiger charge is -2.17. The third kappa shape index (κ3) is 2.44. The number of hydrogen-bond donors (Lipinski definition) is 0. The summed E-state index contributed by atoms with van der Waals surface area (Å²) in [6, 6.07) is 0. The summed E-state index contributed by atoms with van der Waals surface area (Å²) in [6.45, 7) is 5.45. The number of carbonyl (C=O) groups excluding carboxylic acids is 2. The summed E-state index contributed by atoms with van der Waals surface area (Å²) in [4.78, 5) is 23.3. The summed E-state index contributed by atoms with van der Waals surface area (Å²) in [7, 11) is 0. The van der Waals surface area contributed by atoms with Crippen molar-refractivity contribution in [2.45, 2.75) is 26.4 Å². The first kappa shape index (κ1) is 10.0. The maximum absolute atomic E-state index is 11.5. The molecule has 13 heavy (non-hydrogen) atoms. The molecule has 1 rings (SSSR count). The average Bonchev–Trinajstić information content (AvgIpc) is 2.52. The fourth-order valence-electron chi connectivity index (χ4n) is 1.48. The highest BCUT2D eigenvalue weighted by Gasteiger charge is 2.28. The van der Waals surface area contributed by atoms with Gasteiger partial charge in [-0.1, -0.05) is 13.8 Å². The van der Waals surface area contributed by atoms with Gasteiger partial charge in [0.2, 0.25) is 5.91 Å². The van der Waals surface area contributed by atoms with Crippen LogP contribution in [0.25, 0.3) is 0 Å². The fraction of sp³-hybridized carbons (Fsp3) is 0.778. The van der Waals surface area contributed by atoms with Gasteiger partial charge in [0, 0.05) is 18.9 Å². The van der Waals surface area contributed by atoms with Crippen LogP contribution in [0.1, 0.15) is 20.3 Å². The van der Waals surface area contributed by atoms with Crippen LogP contribution in [0.3, 0.4) is 0 Å². The van der Waals surface area contributed by atoms with Crippen molar-refractivity contribution in [2.24, 2.45) is 5.92 Å². The van der Waals surface area contributed by atoms with E-state index in [1.54, 1.807) is 4.90 Å². The molecule has 1 atom stereocenters. The first-order valence-corrected chi connectivity index (χ1v) is 4.53. The molecule has 1 aliphatic heterocycles. The van der Waals surface area contributed by atoms with Crippen molar-refractivity contribution < 1.29 is 14.3 Å². The molecule has 0 saturated carbocycles. The lowest BCUT2D eigenvalue weighted by molar-refractivity contribution is -0.137. The van der Waals surface area contributed by atoms with Gasteiger partial charge in [-0.3, -0.25) is 9.59 Å². The molecule has 74 valence electrons. The molecule has 4 heteroatoms. The average molecular weight is 185 g/mol. The van der Waals surface area contributed by atoms with Crippen LogP contribution >= 0.6 is 0 Å². The van der Waals surface area contributed by atoms with Crippen molar-refractivity contribution in [1.82, 2.24) is 4.90 Å². The van der Waals surface area contributed by atoms with Gasteiger partial charge in [-0.05, 0) is 0 Å². The van der Waals surface area contributed by atoms with Crippen LogP contribution in [0.15, 0.2) is 0 Å². The summed E-state index contributed by atoms with van der Waals surface area (Å²) in [5.41, 5.74) is 0. The quantitative estimate of drug-likeness (QED) is 0.598. The third-order valence-electron chi connectivity index (χ3n) is 2.20. The zero-order chi connectivity index (χ0) is 9.84. The van der Waals surface area contributed by atoms with Crippen LogP contribution in [0.4, 0.5) is 0 Å². The Kier molecular flexibility index (Phi) is 3.28. The van der Waals surface area contributed by atoms with E-state index in [0.717, 1.165) is 6.42 Å². The highest BCUT2D eigenvalue weighted by molar-refractivity contribution is 5.78. The number of hydrogen-bond acceptors (Lipinski definition) is 3. The van der Waals surface area contributed by atoms with E-state index in [1.165, 1.54) is 0 Å². The molecule has 0 bridgehead atoms. The summed E-state index contributed by atoms with van der Waals surface area (Å²) in [5, 5.41) is 0.